The van der Waals surface area contributed by atoms with E-state index in [0.717, 1.165) is 29.7 Å². The van der Waals surface area contributed by atoms with Crippen molar-refractivity contribution < 1.29 is 22.3 Å². The highest BCUT2D eigenvalue weighted by atomic mass is 19.4. The molecule has 0 bridgehead atoms. The first kappa shape index (κ1) is 20.9. The number of rotatable bonds is 7. The third-order valence-corrected chi connectivity index (χ3v) is 4.73. The SMILES string of the molecule is CCCCCc1ccc(-c2ccc(-c3ccc(OC(F)(F)F)c(F)c3)cc2)cc1. The average molecular weight is 402 g/mol. The lowest BCUT2D eigenvalue weighted by atomic mass is 9.98. The standard InChI is InChI=1S/C24H22F4O/c1-2-3-4-5-17-6-8-18(9-7-17)19-10-12-20(13-11-19)21-14-15-23(22(25)16-21)29-24(26,27)28/h6-16H,2-5H2,1H3. The first-order valence-corrected chi connectivity index (χ1v) is 9.61. The molecule has 3 rings (SSSR count). The largest absolute Gasteiger partial charge is 0.573 e. The Balaban J connectivity index is 1.72. The summed E-state index contributed by atoms with van der Waals surface area (Å²) >= 11 is 0. The molecule has 0 aliphatic rings. The maximum Gasteiger partial charge on any atom is 0.573 e. The fraction of sp³-hybridized carbons (Fsp3) is 0.250. The normalized spacial score (nSPS) is 11.5. The van der Waals surface area contributed by atoms with Gasteiger partial charge in [0.1, 0.15) is 0 Å². The monoisotopic (exact) mass is 402 g/mol. The van der Waals surface area contributed by atoms with Gasteiger partial charge in [-0.3, -0.25) is 0 Å². The Morgan fingerprint density at radius 1 is 0.724 bits per heavy atom. The number of benzene rings is 3. The first-order valence-electron chi connectivity index (χ1n) is 9.61. The van der Waals surface area contributed by atoms with Crippen LogP contribution in [0.1, 0.15) is 31.7 Å². The maximum atomic E-state index is 13.9. The van der Waals surface area contributed by atoms with E-state index in [1.807, 2.05) is 24.3 Å². The molecule has 0 atom stereocenters. The zero-order chi connectivity index (χ0) is 20.9. The number of ether oxygens (including phenoxy) is 1. The van der Waals surface area contributed by atoms with Crippen LogP contribution in [0.2, 0.25) is 0 Å². The van der Waals surface area contributed by atoms with E-state index in [0.29, 0.717) is 11.1 Å². The summed E-state index contributed by atoms with van der Waals surface area (Å²) in [6, 6.07) is 19.3. The highest BCUT2D eigenvalue weighted by molar-refractivity contribution is 5.71. The van der Waals surface area contributed by atoms with E-state index in [-0.39, 0.29) is 0 Å². The van der Waals surface area contributed by atoms with Gasteiger partial charge in [-0.2, -0.15) is 0 Å². The van der Waals surface area contributed by atoms with Gasteiger partial charge in [0.15, 0.2) is 11.6 Å². The topological polar surface area (TPSA) is 9.23 Å². The van der Waals surface area contributed by atoms with Crippen molar-refractivity contribution in [1.82, 2.24) is 0 Å². The van der Waals surface area contributed by atoms with Crippen molar-refractivity contribution >= 4 is 0 Å². The van der Waals surface area contributed by atoms with E-state index < -0.39 is 17.9 Å². The third-order valence-electron chi connectivity index (χ3n) is 4.73. The smallest absolute Gasteiger partial charge is 0.403 e. The van der Waals surface area contributed by atoms with Crippen molar-refractivity contribution in [3.63, 3.8) is 0 Å². The molecule has 0 saturated heterocycles. The molecule has 0 spiro atoms. The van der Waals surface area contributed by atoms with E-state index in [1.54, 1.807) is 0 Å². The summed E-state index contributed by atoms with van der Waals surface area (Å²) in [5.41, 5.74) is 4.61. The Hall–Kier alpha value is -2.82. The molecule has 0 aliphatic heterocycles. The summed E-state index contributed by atoms with van der Waals surface area (Å²) in [4.78, 5) is 0. The van der Waals surface area contributed by atoms with Gasteiger partial charge in [-0.05, 0) is 52.8 Å². The van der Waals surface area contributed by atoms with Crippen molar-refractivity contribution in [1.29, 1.82) is 0 Å². The van der Waals surface area contributed by atoms with Crippen LogP contribution >= 0.6 is 0 Å². The molecule has 29 heavy (non-hydrogen) atoms. The number of hydrogen-bond donors (Lipinski definition) is 0. The van der Waals surface area contributed by atoms with Crippen LogP contribution in [-0.4, -0.2) is 6.36 Å². The van der Waals surface area contributed by atoms with Crippen LogP contribution in [0.3, 0.4) is 0 Å². The average Bonchev–Trinajstić information content (AvgIpc) is 2.69. The summed E-state index contributed by atoms with van der Waals surface area (Å²) in [5.74, 6) is -1.89. The molecular formula is C24H22F4O. The van der Waals surface area contributed by atoms with Crippen LogP contribution in [0.15, 0.2) is 66.7 Å². The maximum absolute atomic E-state index is 13.9. The fourth-order valence-corrected chi connectivity index (χ4v) is 3.19. The zero-order valence-electron chi connectivity index (χ0n) is 16.1. The van der Waals surface area contributed by atoms with Crippen LogP contribution in [0.4, 0.5) is 17.6 Å². The summed E-state index contributed by atoms with van der Waals surface area (Å²) in [6.07, 6.45) is -0.227. The molecule has 0 aromatic heterocycles. The highest BCUT2D eigenvalue weighted by Crippen LogP contribution is 2.31. The minimum absolute atomic E-state index is 0.481. The lowest BCUT2D eigenvalue weighted by molar-refractivity contribution is -0.275. The van der Waals surface area contributed by atoms with Gasteiger partial charge in [0, 0.05) is 0 Å². The molecule has 0 amide bonds. The molecular weight excluding hydrogens is 380 g/mol. The van der Waals surface area contributed by atoms with Gasteiger partial charge >= 0.3 is 6.36 Å². The Morgan fingerprint density at radius 2 is 1.24 bits per heavy atom. The van der Waals surface area contributed by atoms with Gasteiger partial charge in [-0.1, -0.05) is 74.4 Å². The van der Waals surface area contributed by atoms with Crippen LogP contribution < -0.4 is 4.74 Å². The van der Waals surface area contributed by atoms with Gasteiger partial charge in [-0.25, -0.2) is 4.39 Å². The molecule has 0 unspecified atom stereocenters. The molecule has 0 aliphatic carbocycles. The van der Waals surface area contributed by atoms with E-state index >= 15 is 0 Å². The minimum atomic E-state index is -4.92. The van der Waals surface area contributed by atoms with Gasteiger partial charge in [0.05, 0.1) is 0 Å². The Bertz CT molecular complexity index is 929. The second-order valence-electron chi connectivity index (χ2n) is 6.92. The fourth-order valence-electron chi connectivity index (χ4n) is 3.19. The molecule has 0 N–H and O–H groups in total. The van der Waals surface area contributed by atoms with Crippen molar-refractivity contribution in [2.75, 3.05) is 0 Å². The molecule has 5 heteroatoms. The lowest BCUT2D eigenvalue weighted by Crippen LogP contribution is -2.17. The van der Waals surface area contributed by atoms with Crippen LogP contribution in [0, 0.1) is 5.82 Å². The van der Waals surface area contributed by atoms with Gasteiger partial charge < -0.3 is 4.74 Å². The van der Waals surface area contributed by atoms with Crippen molar-refractivity contribution in [2.45, 2.75) is 39.0 Å². The molecule has 1 nitrogen and oxygen atoms in total. The van der Waals surface area contributed by atoms with E-state index in [9.17, 15) is 17.6 Å². The molecule has 0 radical (unpaired) electrons. The number of unbranched alkanes of at least 4 members (excludes halogenated alkanes) is 2. The summed E-state index contributed by atoms with van der Waals surface area (Å²) in [5, 5.41) is 0. The number of aryl methyl sites for hydroxylation is 1. The van der Waals surface area contributed by atoms with E-state index in [1.165, 1.54) is 30.9 Å². The summed E-state index contributed by atoms with van der Waals surface area (Å²) in [6.45, 7) is 2.19. The Labute approximate surface area is 168 Å². The Kier molecular flexibility index (Phi) is 6.57. The van der Waals surface area contributed by atoms with Crippen LogP contribution in [0.25, 0.3) is 22.3 Å². The predicted octanol–water partition coefficient (Wildman–Crippen LogP) is 7.79. The van der Waals surface area contributed by atoms with E-state index in [4.69, 9.17) is 0 Å². The molecule has 3 aromatic rings. The molecule has 0 saturated carbocycles. The summed E-state index contributed by atoms with van der Waals surface area (Å²) in [7, 11) is 0. The van der Waals surface area contributed by atoms with Crippen LogP contribution in [0.5, 0.6) is 5.75 Å². The number of halogens is 4. The van der Waals surface area contributed by atoms with E-state index in [2.05, 4.69) is 35.9 Å². The lowest BCUT2D eigenvalue weighted by Gasteiger charge is -2.11. The molecule has 0 heterocycles. The van der Waals surface area contributed by atoms with Gasteiger partial charge in [0.25, 0.3) is 0 Å². The van der Waals surface area contributed by atoms with Gasteiger partial charge in [-0.15, -0.1) is 13.2 Å². The molecule has 3 aromatic carbocycles. The Morgan fingerprint density at radius 3 is 1.76 bits per heavy atom. The van der Waals surface area contributed by atoms with Gasteiger partial charge in [0.2, 0.25) is 0 Å². The first-order chi connectivity index (χ1) is 13.9. The highest BCUT2D eigenvalue weighted by Gasteiger charge is 2.32. The van der Waals surface area contributed by atoms with Crippen molar-refractivity contribution in [2.24, 2.45) is 0 Å². The van der Waals surface area contributed by atoms with Crippen molar-refractivity contribution in [3.8, 4) is 28.0 Å². The van der Waals surface area contributed by atoms with Crippen LogP contribution in [-0.2, 0) is 6.42 Å². The zero-order valence-corrected chi connectivity index (χ0v) is 16.1. The van der Waals surface area contributed by atoms with Crippen molar-refractivity contribution in [3.05, 3.63) is 78.1 Å². The molecule has 152 valence electrons. The molecule has 0 fully saturated rings. The minimum Gasteiger partial charge on any atom is -0.403 e. The third kappa shape index (κ3) is 5.83. The second kappa shape index (κ2) is 9.12. The summed E-state index contributed by atoms with van der Waals surface area (Å²) < 4.78 is 54.4. The second-order valence-corrected chi connectivity index (χ2v) is 6.92. The number of alkyl halides is 3. The quantitative estimate of drug-likeness (QED) is 0.289. The predicted molar refractivity (Wildman–Crippen MR) is 107 cm³/mol. The number of hydrogen-bond acceptors (Lipinski definition) is 1.